The first-order valence-electron chi connectivity index (χ1n) is 7.76. The molecular weight excluding hydrogens is 280 g/mol. The number of nitrogens with zero attached hydrogens (tertiary/aromatic N) is 2. The van der Waals surface area contributed by atoms with Crippen molar-refractivity contribution in [1.82, 2.24) is 4.90 Å². The predicted molar refractivity (Wildman–Crippen MR) is 85.1 cm³/mol. The van der Waals surface area contributed by atoms with Crippen LogP contribution in [-0.4, -0.2) is 47.0 Å². The zero-order valence-electron chi connectivity index (χ0n) is 13.1. The first-order chi connectivity index (χ1) is 10.4. The van der Waals surface area contributed by atoms with Crippen molar-refractivity contribution < 1.29 is 14.6 Å². The fourth-order valence-corrected chi connectivity index (χ4v) is 3.07. The first-order valence-corrected chi connectivity index (χ1v) is 7.76. The monoisotopic (exact) mass is 302 g/mol. The van der Waals surface area contributed by atoms with Gasteiger partial charge in [-0.1, -0.05) is 12.1 Å². The molecule has 5 heteroatoms. The lowest BCUT2D eigenvalue weighted by Gasteiger charge is -2.32. The van der Waals surface area contributed by atoms with E-state index in [2.05, 4.69) is 24.9 Å². The number of hydrogen-bond acceptors (Lipinski definition) is 3. The number of fused-ring (bicyclic) bond motifs is 1. The third kappa shape index (κ3) is 3.08. The van der Waals surface area contributed by atoms with E-state index in [0.717, 1.165) is 30.6 Å². The van der Waals surface area contributed by atoms with Crippen molar-refractivity contribution in [1.29, 1.82) is 0 Å². The van der Waals surface area contributed by atoms with E-state index in [0.29, 0.717) is 13.1 Å². The summed E-state index contributed by atoms with van der Waals surface area (Å²) in [5.41, 5.74) is 2.24. The Morgan fingerprint density at radius 3 is 2.77 bits per heavy atom. The Balaban J connectivity index is 1.72. The molecule has 0 bridgehead atoms. The molecule has 0 saturated carbocycles. The number of benzene rings is 1. The van der Waals surface area contributed by atoms with Gasteiger partial charge in [-0.3, -0.25) is 4.99 Å². The van der Waals surface area contributed by atoms with E-state index in [1.165, 1.54) is 10.5 Å². The molecule has 0 radical (unpaired) electrons. The van der Waals surface area contributed by atoms with E-state index < -0.39 is 6.09 Å². The molecule has 0 spiro atoms. The molecule has 3 rings (SSSR count). The van der Waals surface area contributed by atoms with Crippen LogP contribution in [0.3, 0.4) is 0 Å². The average molecular weight is 302 g/mol. The second-order valence-electron chi connectivity index (χ2n) is 6.66. The molecule has 1 amide bonds. The molecule has 5 nitrogen and oxygen atoms in total. The summed E-state index contributed by atoms with van der Waals surface area (Å²) in [6.07, 6.45) is 3.53. The van der Waals surface area contributed by atoms with Crippen molar-refractivity contribution in [3.8, 4) is 5.75 Å². The molecule has 22 heavy (non-hydrogen) atoms. The van der Waals surface area contributed by atoms with Crippen LogP contribution in [0.25, 0.3) is 0 Å². The van der Waals surface area contributed by atoms with Gasteiger partial charge in [-0.05, 0) is 25.5 Å². The van der Waals surface area contributed by atoms with Gasteiger partial charge in [0, 0.05) is 44.1 Å². The molecule has 1 fully saturated rings. The molecule has 2 aliphatic heterocycles. The molecule has 2 heterocycles. The number of piperidine rings is 1. The molecule has 1 aromatic rings. The molecule has 1 saturated heterocycles. The van der Waals surface area contributed by atoms with Crippen LogP contribution in [0.15, 0.2) is 23.2 Å². The highest BCUT2D eigenvalue weighted by Gasteiger charge is 2.27. The molecule has 0 aromatic heterocycles. The lowest BCUT2D eigenvalue weighted by molar-refractivity contribution is 0.0887. The SMILES string of the molecule is CC1(C)Cc2c(cccc2OC2CCN(C(=O)O)CC2)C=N1. The van der Waals surface area contributed by atoms with Gasteiger partial charge in [0.05, 0.1) is 5.54 Å². The number of likely N-dealkylation sites (tertiary alicyclic amines) is 1. The zero-order valence-corrected chi connectivity index (χ0v) is 13.1. The molecule has 1 aromatic carbocycles. The molecule has 0 aliphatic carbocycles. The van der Waals surface area contributed by atoms with E-state index in [9.17, 15) is 4.79 Å². The summed E-state index contributed by atoms with van der Waals surface area (Å²) >= 11 is 0. The summed E-state index contributed by atoms with van der Waals surface area (Å²) in [4.78, 5) is 17.0. The Morgan fingerprint density at radius 1 is 1.36 bits per heavy atom. The Kier molecular flexibility index (Phi) is 3.81. The minimum absolute atomic E-state index is 0.0871. The van der Waals surface area contributed by atoms with Gasteiger partial charge in [0.1, 0.15) is 11.9 Å². The van der Waals surface area contributed by atoms with E-state index in [1.807, 2.05) is 18.3 Å². The van der Waals surface area contributed by atoms with Crippen LogP contribution in [0, 0.1) is 0 Å². The van der Waals surface area contributed by atoms with Gasteiger partial charge >= 0.3 is 6.09 Å². The minimum Gasteiger partial charge on any atom is -0.490 e. The van der Waals surface area contributed by atoms with Crippen LogP contribution < -0.4 is 4.74 Å². The quantitative estimate of drug-likeness (QED) is 0.913. The van der Waals surface area contributed by atoms with Crippen LogP contribution in [0.5, 0.6) is 5.75 Å². The first kappa shape index (κ1) is 14.9. The maximum Gasteiger partial charge on any atom is 0.407 e. The highest BCUT2D eigenvalue weighted by molar-refractivity contribution is 5.84. The lowest BCUT2D eigenvalue weighted by Crippen LogP contribution is -2.41. The number of rotatable bonds is 2. The highest BCUT2D eigenvalue weighted by atomic mass is 16.5. The number of carboxylic acid groups (broad SMARTS) is 1. The van der Waals surface area contributed by atoms with Crippen LogP contribution >= 0.6 is 0 Å². The average Bonchev–Trinajstić information content (AvgIpc) is 2.48. The standard InChI is InChI=1S/C17H22N2O3/c1-17(2)10-14-12(11-18-17)4-3-5-15(14)22-13-6-8-19(9-7-13)16(20)21/h3-5,11,13H,6-10H2,1-2H3,(H,20,21). The van der Waals surface area contributed by atoms with Gasteiger partial charge in [0.25, 0.3) is 0 Å². The lowest BCUT2D eigenvalue weighted by atomic mass is 9.89. The number of ether oxygens (including phenoxy) is 1. The van der Waals surface area contributed by atoms with Crippen molar-refractivity contribution >= 4 is 12.3 Å². The number of hydrogen-bond donors (Lipinski definition) is 1. The Hall–Kier alpha value is -2.04. The van der Waals surface area contributed by atoms with Crippen LogP contribution in [0.4, 0.5) is 4.79 Å². The molecule has 118 valence electrons. The Bertz CT molecular complexity index is 602. The van der Waals surface area contributed by atoms with E-state index in [1.54, 1.807) is 0 Å². The summed E-state index contributed by atoms with van der Waals surface area (Å²) in [5.74, 6) is 0.922. The Labute approximate surface area is 130 Å². The fraction of sp³-hybridized carbons (Fsp3) is 0.529. The highest BCUT2D eigenvalue weighted by Crippen LogP contribution is 2.32. The summed E-state index contributed by atoms with van der Waals surface area (Å²) in [7, 11) is 0. The summed E-state index contributed by atoms with van der Waals surface area (Å²) in [6.45, 7) is 5.33. The summed E-state index contributed by atoms with van der Waals surface area (Å²) < 4.78 is 6.19. The van der Waals surface area contributed by atoms with Crippen molar-refractivity contribution in [3.63, 3.8) is 0 Å². The van der Waals surface area contributed by atoms with Crippen LogP contribution in [0.2, 0.25) is 0 Å². The minimum atomic E-state index is -0.839. The van der Waals surface area contributed by atoms with E-state index in [-0.39, 0.29) is 11.6 Å². The van der Waals surface area contributed by atoms with Gasteiger partial charge in [0.2, 0.25) is 0 Å². The van der Waals surface area contributed by atoms with Gasteiger partial charge in [-0.25, -0.2) is 4.79 Å². The molecule has 0 unspecified atom stereocenters. The van der Waals surface area contributed by atoms with E-state index in [4.69, 9.17) is 9.84 Å². The Morgan fingerprint density at radius 2 is 2.09 bits per heavy atom. The zero-order chi connectivity index (χ0) is 15.7. The van der Waals surface area contributed by atoms with Crippen molar-refractivity contribution in [2.24, 2.45) is 4.99 Å². The fourth-order valence-electron chi connectivity index (χ4n) is 3.07. The van der Waals surface area contributed by atoms with E-state index >= 15 is 0 Å². The topological polar surface area (TPSA) is 62.1 Å². The largest absolute Gasteiger partial charge is 0.490 e. The third-order valence-electron chi connectivity index (χ3n) is 4.34. The summed E-state index contributed by atoms with van der Waals surface area (Å²) in [6, 6.07) is 6.07. The maximum absolute atomic E-state index is 11.0. The van der Waals surface area contributed by atoms with Crippen molar-refractivity contribution in [3.05, 3.63) is 29.3 Å². The van der Waals surface area contributed by atoms with Gasteiger partial charge < -0.3 is 14.7 Å². The molecule has 0 atom stereocenters. The predicted octanol–water partition coefficient (Wildman–Crippen LogP) is 2.96. The van der Waals surface area contributed by atoms with Crippen LogP contribution in [-0.2, 0) is 6.42 Å². The second kappa shape index (κ2) is 5.63. The number of carbonyl (C=O) groups is 1. The second-order valence-corrected chi connectivity index (χ2v) is 6.66. The van der Waals surface area contributed by atoms with Crippen LogP contribution in [0.1, 0.15) is 37.8 Å². The normalized spacial score (nSPS) is 20.5. The van der Waals surface area contributed by atoms with Gasteiger partial charge in [-0.15, -0.1) is 0 Å². The molecular formula is C17H22N2O3. The van der Waals surface area contributed by atoms with Crippen molar-refractivity contribution in [2.75, 3.05) is 13.1 Å². The number of aliphatic imine (C=N–C) groups is 1. The number of amides is 1. The van der Waals surface area contributed by atoms with Gasteiger partial charge in [0.15, 0.2) is 0 Å². The smallest absolute Gasteiger partial charge is 0.407 e. The molecule has 2 aliphatic rings. The van der Waals surface area contributed by atoms with Crippen molar-refractivity contribution in [2.45, 2.75) is 44.8 Å². The maximum atomic E-state index is 11.0. The molecule has 1 N–H and O–H groups in total. The summed E-state index contributed by atoms with van der Waals surface area (Å²) in [5, 5.41) is 9.00. The third-order valence-corrected chi connectivity index (χ3v) is 4.34. The van der Waals surface area contributed by atoms with Gasteiger partial charge in [-0.2, -0.15) is 0 Å².